The van der Waals surface area contributed by atoms with E-state index in [9.17, 15) is 9.90 Å². The fourth-order valence-electron chi connectivity index (χ4n) is 1.94. The lowest BCUT2D eigenvalue weighted by Gasteiger charge is -2.19. The monoisotopic (exact) mass is 297 g/mol. The highest BCUT2D eigenvalue weighted by atomic mass is 32.2. The largest absolute Gasteiger partial charge is 0.491 e. The first kappa shape index (κ1) is 16.9. The van der Waals surface area contributed by atoms with Gasteiger partial charge in [-0.2, -0.15) is 0 Å². The number of hydrogen-bond donors (Lipinski definition) is 1. The van der Waals surface area contributed by atoms with Crippen LogP contribution in [-0.4, -0.2) is 48.0 Å². The van der Waals surface area contributed by atoms with Crippen LogP contribution in [0.1, 0.15) is 31.1 Å². The maximum Gasteiger partial charge on any atom is 0.340 e. The molecule has 0 heterocycles. The van der Waals surface area contributed by atoms with Crippen LogP contribution < -0.4 is 4.74 Å². The van der Waals surface area contributed by atoms with E-state index >= 15 is 0 Å². The van der Waals surface area contributed by atoms with Gasteiger partial charge >= 0.3 is 5.97 Å². The highest BCUT2D eigenvalue weighted by Gasteiger charge is 2.16. The first-order chi connectivity index (χ1) is 9.63. The van der Waals surface area contributed by atoms with Crippen LogP contribution >= 0.6 is 11.8 Å². The smallest absolute Gasteiger partial charge is 0.340 e. The second-order valence-electron chi connectivity index (χ2n) is 4.24. The van der Waals surface area contributed by atoms with Crippen LogP contribution in [0.25, 0.3) is 0 Å². The number of rotatable bonds is 9. The van der Waals surface area contributed by atoms with Crippen LogP contribution in [0.15, 0.2) is 23.1 Å². The quantitative estimate of drug-likeness (QED) is 0.709. The standard InChI is InChI=1S/C15H23NO3S/c1-4-16(5-2)10-11-19-12-8-7-9-13(20-6-3)14(12)15(17)18/h7-9H,4-6,10-11H2,1-3H3,(H,17,18). The van der Waals surface area contributed by atoms with Crippen molar-refractivity contribution in [3.05, 3.63) is 23.8 Å². The number of ether oxygens (including phenoxy) is 1. The van der Waals surface area contributed by atoms with Gasteiger partial charge in [0, 0.05) is 11.4 Å². The molecule has 0 saturated heterocycles. The fraction of sp³-hybridized carbons (Fsp3) is 0.533. The zero-order valence-electron chi connectivity index (χ0n) is 12.4. The van der Waals surface area contributed by atoms with Gasteiger partial charge in [0.05, 0.1) is 0 Å². The molecule has 5 heteroatoms. The van der Waals surface area contributed by atoms with Gasteiger partial charge in [-0.3, -0.25) is 0 Å². The molecule has 0 radical (unpaired) electrons. The Bertz CT molecular complexity index is 433. The average molecular weight is 297 g/mol. The molecule has 1 aromatic carbocycles. The van der Waals surface area contributed by atoms with Gasteiger partial charge in [-0.15, -0.1) is 11.8 Å². The van der Waals surface area contributed by atoms with E-state index in [4.69, 9.17) is 4.74 Å². The molecule has 1 N–H and O–H groups in total. The Morgan fingerprint density at radius 2 is 2.00 bits per heavy atom. The van der Waals surface area contributed by atoms with Gasteiger partial charge in [0.25, 0.3) is 0 Å². The second-order valence-corrected chi connectivity index (χ2v) is 5.55. The molecule has 0 fully saturated rings. The van der Waals surface area contributed by atoms with Crippen molar-refractivity contribution in [1.82, 2.24) is 4.90 Å². The van der Waals surface area contributed by atoms with E-state index in [1.165, 1.54) is 11.8 Å². The number of aromatic carboxylic acids is 1. The summed E-state index contributed by atoms with van der Waals surface area (Å²) in [6.45, 7) is 9.45. The molecule has 0 atom stereocenters. The summed E-state index contributed by atoms with van der Waals surface area (Å²) in [6.07, 6.45) is 0. The molecule has 0 unspecified atom stereocenters. The van der Waals surface area contributed by atoms with Crippen LogP contribution in [0, 0.1) is 0 Å². The minimum Gasteiger partial charge on any atom is -0.491 e. The minimum absolute atomic E-state index is 0.277. The maximum absolute atomic E-state index is 11.4. The summed E-state index contributed by atoms with van der Waals surface area (Å²) in [4.78, 5) is 14.4. The van der Waals surface area contributed by atoms with Gasteiger partial charge in [-0.05, 0) is 31.0 Å². The number of carbonyl (C=O) groups is 1. The van der Waals surface area contributed by atoms with E-state index < -0.39 is 5.97 Å². The number of likely N-dealkylation sites (N-methyl/N-ethyl adjacent to an activating group) is 1. The van der Waals surface area contributed by atoms with Gasteiger partial charge in [-0.25, -0.2) is 4.79 Å². The van der Waals surface area contributed by atoms with Gasteiger partial charge < -0.3 is 14.7 Å². The summed E-state index contributed by atoms with van der Waals surface area (Å²) in [5.41, 5.74) is 0.277. The topological polar surface area (TPSA) is 49.8 Å². The number of carboxylic acid groups (broad SMARTS) is 1. The third kappa shape index (κ3) is 4.72. The Morgan fingerprint density at radius 1 is 1.30 bits per heavy atom. The number of benzene rings is 1. The van der Waals surface area contributed by atoms with E-state index in [0.29, 0.717) is 12.4 Å². The lowest BCUT2D eigenvalue weighted by molar-refractivity contribution is 0.0687. The summed E-state index contributed by atoms with van der Waals surface area (Å²) in [6, 6.07) is 5.40. The third-order valence-corrected chi connectivity index (χ3v) is 4.00. The number of hydrogen-bond acceptors (Lipinski definition) is 4. The number of carboxylic acids is 1. The van der Waals surface area contributed by atoms with Crippen LogP contribution in [0.2, 0.25) is 0 Å². The predicted octanol–water partition coefficient (Wildman–Crippen LogP) is 3.22. The van der Waals surface area contributed by atoms with Crippen LogP contribution in [0.4, 0.5) is 0 Å². The second kappa shape index (κ2) is 8.87. The number of nitrogens with zero attached hydrogens (tertiary/aromatic N) is 1. The van der Waals surface area contributed by atoms with Crippen molar-refractivity contribution in [1.29, 1.82) is 0 Å². The van der Waals surface area contributed by atoms with Gasteiger partial charge in [-0.1, -0.05) is 26.8 Å². The van der Waals surface area contributed by atoms with Gasteiger partial charge in [0.2, 0.25) is 0 Å². The van der Waals surface area contributed by atoms with E-state index in [0.717, 1.165) is 30.3 Å². The molecule has 0 saturated carbocycles. The van der Waals surface area contributed by atoms with E-state index in [1.54, 1.807) is 6.07 Å². The molecule has 1 rings (SSSR count). The lowest BCUT2D eigenvalue weighted by atomic mass is 10.2. The molecule has 0 bridgehead atoms. The van der Waals surface area contributed by atoms with Crippen molar-refractivity contribution in [2.24, 2.45) is 0 Å². The zero-order valence-corrected chi connectivity index (χ0v) is 13.2. The molecule has 0 spiro atoms. The molecule has 0 aliphatic heterocycles. The van der Waals surface area contributed by atoms with Crippen molar-refractivity contribution >= 4 is 17.7 Å². The van der Waals surface area contributed by atoms with E-state index in [-0.39, 0.29) is 5.56 Å². The Morgan fingerprint density at radius 3 is 2.55 bits per heavy atom. The maximum atomic E-state index is 11.4. The lowest BCUT2D eigenvalue weighted by Crippen LogP contribution is -2.28. The molecule has 4 nitrogen and oxygen atoms in total. The molecular formula is C15H23NO3S. The average Bonchev–Trinajstić information content (AvgIpc) is 2.44. The van der Waals surface area contributed by atoms with Gasteiger partial charge in [0.15, 0.2) is 0 Å². The van der Waals surface area contributed by atoms with Crippen molar-refractivity contribution in [2.45, 2.75) is 25.7 Å². The SMILES string of the molecule is CCSc1cccc(OCCN(CC)CC)c1C(=O)O. The summed E-state index contributed by atoms with van der Waals surface area (Å²) >= 11 is 1.52. The third-order valence-electron chi connectivity index (χ3n) is 3.06. The minimum atomic E-state index is -0.931. The molecular weight excluding hydrogens is 274 g/mol. The summed E-state index contributed by atoms with van der Waals surface area (Å²) < 4.78 is 5.68. The van der Waals surface area contributed by atoms with Crippen molar-refractivity contribution in [3.63, 3.8) is 0 Å². The van der Waals surface area contributed by atoms with Crippen molar-refractivity contribution in [2.75, 3.05) is 32.0 Å². The Balaban J connectivity index is 2.78. The first-order valence-corrected chi connectivity index (χ1v) is 7.96. The molecule has 0 aliphatic carbocycles. The Kier molecular flexibility index (Phi) is 7.47. The molecule has 0 aliphatic rings. The molecule has 0 aromatic heterocycles. The first-order valence-electron chi connectivity index (χ1n) is 6.98. The van der Waals surface area contributed by atoms with Crippen LogP contribution in [0.3, 0.4) is 0 Å². The van der Waals surface area contributed by atoms with Crippen LogP contribution in [-0.2, 0) is 0 Å². The highest BCUT2D eigenvalue weighted by molar-refractivity contribution is 7.99. The molecule has 0 amide bonds. The molecule has 112 valence electrons. The number of thioether (sulfide) groups is 1. The zero-order chi connectivity index (χ0) is 15.0. The highest BCUT2D eigenvalue weighted by Crippen LogP contribution is 2.30. The van der Waals surface area contributed by atoms with Gasteiger partial charge in [0.1, 0.15) is 17.9 Å². The summed E-state index contributed by atoms with van der Waals surface area (Å²) in [5.74, 6) is 0.367. The Hall–Kier alpha value is -1.20. The van der Waals surface area contributed by atoms with E-state index in [2.05, 4.69) is 18.7 Å². The summed E-state index contributed by atoms with van der Waals surface area (Å²) in [7, 11) is 0. The van der Waals surface area contributed by atoms with Crippen molar-refractivity contribution in [3.8, 4) is 5.75 Å². The van der Waals surface area contributed by atoms with Crippen molar-refractivity contribution < 1.29 is 14.6 Å². The Labute approximate surface area is 125 Å². The summed E-state index contributed by atoms with van der Waals surface area (Å²) in [5, 5.41) is 9.37. The molecule has 20 heavy (non-hydrogen) atoms. The predicted molar refractivity (Wildman–Crippen MR) is 83.1 cm³/mol. The van der Waals surface area contributed by atoms with E-state index in [1.807, 2.05) is 19.1 Å². The fourth-order valence-corrected chi connectivity index (χ4v) is 2.76. The van der Waals surface area contributed by atoms with Crippen LogP contribution in [0.5, 0.6) is 5.75 Å². The normalized spacial score (nSPS) is 10.8. The molecule has 1 aromatic rings.